The van der Waals surface area contributed by atoms with Gasteiger partial charge in [0.25, 0.3) is 0 Å². The number of aryl methyl sites for hydroxylation is 1. The summed E-state index contributed by atoms with van der Waals surface area (Å²) in [5.74, 6) is 0. The third-order valence-electron chi connectivity index (χ3n) is 2.46. The average molecular weight is 232 g/mol. The van der Waals surface area contributed by atoms with Crippen LogP contribution in [0.5, 0.6) is 0 Å². The summed E-state index contributed by atoms with van der Waals surface area (Å²) in [6.45, 7) is 2.00. The van der Waals surface area contributed by atoms with Crippen LogP contribution in [0, 0.1) is 6.92 Å². The second-order valence-electron chi connectivity index (χ2n) is 3.64. The molecule has 16 heavy (non-hydrogen) atoms. The first-order valence-corrected chi connectivity index (χ1v) is 6.16. The Morgan fingerprint density at radius 3 is 2.12 bits per heavy atom. The molecule has 0 aliphatic heterocycles. The molecule has 0 radical (unpaired) electrons. The summed E-state index contributed by atoms with van der Waals surface area (Å²) in [7, 11) is -2.55. The smallest absolute Gasteiger partial charge is 0.168 e. The van der Waals surface area contributed by atoms with Crippen LogP contribution in [0.15, 0.2) is 53.4 Å². The summed E-state index contributed by atoms with van der Waals surface area (Å²) in [4.78, 5) is 0.376. The monoisotopic (exact) mass is 232 g/mol. The number of benzene rings is 2. The number of hydrogen-bond donors (Lipinski definition) is 1. The highest BCUT2D eigenvalue weighted by atomic mass is 32.2. The van der Waals surface area contributed by atoms with Crippen molar-refractivity contribution in [3.63, 3.8) is 0 Å². The van der Waals surface area contributed by atoms with Crippen molar-refractivity contribution in [1.29, 1.82) is 0 Å². The number of thiol groups is 1. The maximum atomic E-state index is 11.1. The van der Waals surface area contributed by atoms with E-state index in [1.54, 1.807) is 12.1 Å². The fourth-order valence-electron chi connectivity index (χ4n) is 1.61. The lowest BCUT2D eigenvalue weighted by molar-refractivity contribution is 0.615. The van der Waals surface area contributed by atoms with Crippen LogP contribution in [0.25, 0.3) is 11.1 Å². The first-order chi connectivity index (χ1) is 7.68. The van der Waals surface area contributed by atoms with Crippen LogP contribution < -0.4 is 0 Å². The van der Waals surface area contributed by atoms with Crippen molar-refractivity contribution in [3.8, 4) is 11.1 Å². The van der Waals surface area contributed by atoms with E-state index in [4.69, 9.17) is 0 Å². The van der Waals surface area contributed by atoms with Crippen molar-refractivity contribution in [2.75, 3.05) is 0 Å². The van der Waals surface area contributed by atoms with Gasteiger partial charge in [-0.15, -0.1) is 0 Å². The van der Waals surface area contributed by atoms with Gasteiger partial charge >= 0.3 is 0 Å². The Hall–Kier alpha value is -1.61. The standard InChI is InChI=1S/C13H12O2S/c1-10-6-8-11(9-7-10)12-4-2-3-5-13(12)16(14)15/h2-9,16H,1H3. The Morgan fingerprint density at radius 1 is 0.875 bits per heavy atom. The predicted octanol–water partition coefficient (Wildman–Crippen LogP) is 2.63. The Kier molecular flexibility index (Phi) is 3.06. The minimum Gasteiger partial charge on any atom is -0.227 e. The first-order valence-electron chi connectivity index (χ1n) is 4.99. The lowest BCUT2D eigenvalue weighted by Crippen LogP contribution is -1.87. The van der Waals surface area contributed by atoms with Gasteiger partial charge in [-0.05, 0) is 18.6 Å². The molecule has 82 valence electrons. The topological polar surface area (TPSA) is 34.1 Å². The largest absolute Gasteiger partial charge is 0.227 e. The maximum absolute atomic E-state index is 11.1. The van der Waals surface area contributed by atoms with E-state index >= 15 is 0 Å². The summed E-state index contributed by atoms with van der Waals surface area (Å²) >= 11 is 0. The van der Waals surface area contributed by atoms with Gasteiger partial charge in [-0.25, -0.2) is 8.42 Å². The molecule has 3 heteroatoms. The van der Waals surface area contributed by atoms with E-state index in [0.29, 0.717) is 4.90 Å². The fourth-order valence-corrected chi connectivity index (χ4v) is 2.22. The quantitative estimate of drug-likeness (QED) is 0.808. The second-order valence-corrected chi connectivity index (χ2v) is 4.64. The Morgan fingerprint density at radius 2 is 1.50 bits per heavy atom. The highest BCUT2D eigenvalue weighted by molar-refractivity contribution is 7.72. The summed E-state index contributed by atoms with van der Waals surface area (Å²) in [5.41, 5.74) is 2.85. The molecule has 0 atom stereocenters. The third kappa shape index (κ3) is 2.14. The van der Waals surface area contributed by atoms with Gasteiger partial charge in [0.2, 0.25) is 0 Å². The highest BCUT2D eigenvalue weighted by Crippen LogP contribution is 2.24. The van der Waals surface area contributed by atoms with Crippen LogP contribution in [0.3, 0.4) is 0 Å². The van der Waals surface area contributed by atoms with Crippen molar-refractivity contribution in [2.24, 2.45) is 0 Å². The van der Waals surface area contributed by atoms with E-state index in [1.807, 2.05) is 43.3 Å². The van der Waals surface area contributed by atoms with Crippen LogP contribution in [-0.2, 0) is 10.7 Å². The van der Waals surface area contributed by atoms with Crippen molar-refractivity contribution in [3.05, 3.63) is 54.1 Å². The molecule has 0 saturated carbocycles. The minimum absolute atomic E-state index is 0.376. The lowest BCUT2D eigenvalue weighted by Gasteiger charge is -2.04. The summed E-state index contributed by atoms with van der Waals surface area (Å²) in [6.07, 6.45) is 0. The van der Waals surface area contributed by atoms with Gasteiger partial charge < -0.3 is 0 Å². The van der Waals surface area contributed by atoms with E-state index in [1.165, 1.54) is 0 Å². The molecule has 0 aromatic heterocycles. The van der Waals surface area contributed by atoms with Gasteiger partial charge in [0.1, 0.15) is 0 Å². The van der Waals surface area contributed by atoms with Crippen molar-refractivity contribution < 1.29 is 8.42 Å². The molecule has 0 amide bonds. The van der Waals surface area contributed by atoms with Crippen LogP contribution in [-0.4, -0.2) is 8.42 Å². The van der Waals surface area contributed by atoms with E-state index in [0.717, 1.165) is 16.7 Å². The second kappa shape index (κ2) is 4.49. The van der Waals surface area contributed by atoms with Gasteiger partial charge in [-0.1, -0.05) is 48.0 Å². The zero-order valence-corrected chi connectivity index (χ0v) is 9.78. The molecule has 2 aromatic rings. The first kappa shape index (κ1) is 10.9. The molecule has 2 aromatic carbocycles. The van der Waals surface area contributed by atoms with Crippen LogP contribution >= 0.6 is 0 Å². The van der Waals surface area contributed by atoms with E-state index in [2.05, 4.69) is 0 Å². The normalized spacial score (nSPS) is 10.6. The minimum atomic E-state index is -2.55. The van der Waals surface area contributed by atoms with Crippen molar-refractivity contribution in [2.45, 2.75) is 11.8 Å². The summed E-state index contributed by atoms with van der Waals surface area (Å²) < 4.78 is 22.2. The molecule has 0 aliphatic rings. The number of hydrogen-bond acceptors (Lipinski definition) is 2. The molecule has 0 saturated heterocycles. The van der Waals surface area contributed by atoms with Gasteiger partial charge in [0, 0.05) is 5.56 Å². The molecule has 2 nitrogen and oxygen atoms in total. The Balaban J connectivity index is 2.60. The number of rotatable bonds is 2. The van der Waals surface area contributed by atoms with E-state index in [9.17, 15) is 8.42 Å². The molecule has 0 fully saturated rings. The molecule has 0 heterocycles. The third-order valence-corrected chi connectivity index (χ3v) is 3.25. The van der Waals surface area contributed by atoms with Crippen LogP contribution in [0.1, 0.15) is 5.56 Å². The van der Waals surface area contributed by atoms with Gasteiger partial charge in [-0.2, -0.15) is 0 Å². The Labute approximate surface area is 96.5 Å². The highest BCUT2D eigenvalue weighted by Gasteiger charge is 2.05. The zero-order chi connectivity index (χ0) is 11.5. The van der Waals surface area contributed by atoms with Crippen LogP contribution in [0.4, 0.5) is 0 Å². The maximum Gasteiger partial charge on any atom is 0.168 e. The van der Waals surface area contributed by atoms with E-state index in [-0.39, 0.29) is 0 Å². The van der Waals surface area contributed by atoms with Gasteiger partial charge in [-0.3, -0.25) is 0 Å². The van der Waals surface area contributed by atoms with E-state index < -0.39 is 10.7 Å². The molecular weight excluding hydrogens is 220 g/mol. The van der Waals surface area contributed by atoms with Crippen molar-refractivity contribution in [1.82, 2.24) is 0 Å². The van der Waals surface area contributed by atoms with Crippen LogP contribution in [0.2, 0.25) is 0 Å². The van der Waals surface area contributed by atoms with Gasteiger partial charge in [0.05, 0.1) is 4.90 Å². The van der Waals surface area contributed by atoms with Gasteiger partial charge in [0.15, 0.2) is 10.7 Å². The molecule has 0 unspecified atom stereocenters. The SMILES string of the molecule is Cc1ccc(-c2ccccc2[SH](=O)=O)cc1. The van der Waals surface area contributed by atoms with Crippen molar-refractivity contribution >= 4 is 10.7 Å². The molecule has 0 N–H and O–H groups in total. The molecule has 2 rings (SSSR count). The predicted molar refractivity (Wildman–Crippen MR) is 65.2 cm³/mol. The molecule has 0 bridgehead atoms. The summed E-state index contributed by atoms with van der Waals surface area (Å²) in [6, 6.07) is 14.9. The molecular formula is C13H12O2S. The molecule has 0 spiro atoms. The average Bonchev–Trinajstić information content (AvgIpc) is 2.30. The molecule has 0 aliphatic carbocycles. The lowest BCUT2D eigenvalue weighted by atomic mass is 10.0. The fraction of sp³-hybridized carbons (Fsp3) is 0.0769. The summed E-state index contributed by atoms with van der Waals surface area (Å²) in [5, 5.41) is 0. The Bertz CT molecular complexity index is 561. The zero-order valence-electron chi connectivity index (χ0n) is 8.88.